The number of aryl methyl sites for hydroxylation is 1. The molecule has 0 fully saturated rings. The maximum absolute atomic E-state index is 5.98. The van der Waals surface area contributed by atoms with Crippen molar-refractivity contribution in [3.05, 3.63) is 28.8 Å². The minimum atomic E-state index is 0.798. The Morgan fingerprint density at radius 3 is 2.93 bits per heavy atom. The number of halogens is 1. The van der Waals surface area contributed by atoms with Crippen molar-refractivity contribution in [1.82, 2.24) is 0 Å². The minimum Gasteiger partial charge on any atom is -0.385 e. The van der Waals surface area contributed by atoms with Crippen LogP contribution in [0.3, 0.4) is 0 Å². The molecule has 1 rings (SSSR count). The fraction of sp³-hybridized carbons (Fsp3) is 0.333. The molecule has 0 spiro atoms. The van der Waals surface area contributed by atoms with E-state index in [0.29, 0.717) is 0 Å². The molecule has 1 N–H and O–H groups in total. The Bertz CT molecular complexity index is 339. The van der Waals surface area contributed by atoms with E-state index in [2.05, 4.69) is 11.2 Å². The van der Waals surface area contributed by atoms with Gasteiger partial charge in [0.15, 0.2) is 0 Å². The lowest BCUT2D eigenvalue weighted by atomic mass is 10.2. The predicted octanol–water partition coefficient (Wildman–Crippen LogP) is 3.47. The predicted molar refractivity (Wildman–Crippen MR) is 62.7 cm³/mol. The highest BCUT2D eigenvalue weighted by Crippen LogP contribution is 2.19. The van der Waals surface area contributed by atoms with Crippen LogP contribution in [0.1, 0.15) is 18.4 Å². The Labute approximate surface area is 90.5 Å². The van der Waals surface area contributed by atoms with Gasteiger partial charge in [0.05, 0.1) is 0 Å². The summed E-state index contributed by atoms with van der Waals surface area (Å²) in [5.74, 6) is 2.61. The zero-order chi connectivity index (χ0) is 10.4. The molecule has 1 aromatic carbocycles. The Kier molecular flexibility index (Phi) is 4.35. The summed E-state index contributed by atoms with van der Waals surface area (Å²) in [6.45, 7) is 2.88. The fourth-order valence-electron chi connectivity index (χ4n) is 1.13. The molecule has 1 nitrogen and oxygen atoms in total. The molecule has 0 aliphatic carbocycles. The molecule has 0 amide bonds. The highest BCUT2D eigenvalue weighted by molar-refractivity contribution is 6.31. The second-order valence-electron chi connectivity index (χ2n) is 3.20. The van der Waals surface area contributed by atoms with Gasteiger partial charge in [0, 0.05) is 23.7 Å². The van der Waals surface area contributed by atoms with Crippen molar-refractivity contribution in [1.29, 1.82) is 0 Å². The maximum atomic E-state index is 5.98. The number of rotatable bonds is 4. The average molecular weight is 208 g/mol. The molecule has 0 bridgehead atoms. The lowest BCUT2D eigenvalue weighted by Gasteiger charge is -2.06. The molecule has 0 aromatic heterocycles. The van der Waals surface area contributed by atoms with E-state index < -0.39 is 0 Å². The summed E-state index contributed by atoms with van der Waals surface area (Å²) in [4.78, 5) is 0. The van der Waals surface area contributed by atoms with Crippen LogP contribution < -0.4 is 5.32 Å². The number of nitrogens with one attached hydrogen (secondary N) is 1. The molecular formula is C12H14ClN. The van der Waals surface area contributed by atoms with E-state index in [1.807, 2.05) is 25.1 Å². The van der Waals surface area contributed by atoms with Crippen LogP contribution in [0.2, 0.25) is 5.02 Å². The second-order valence-corrected chi connectivity index (χ2v) is 3.61. The van der Waals surface area contributed by atoms with Gasteiger partial charge in [0.2, 0.25) is 0 Å². The molecule has 0 unspecified atom stereocenters. The van der Waals surface area contributed by atoms with Gasteiger partial charge in [-0.2, -0.15) is 0 Å². The first kappa shape index (κ1) is 10.9. The van der Waals surface area contributed by atoms with Gasteiger partial charge in [-0.3, -0.25) is 0 Å². The van der Waals surface area contributed by atoms with Crippen molar-refractivity contribution in [2.45, 2.75) is 19.8 Å². The van der Waals surface area contributed by atoms with Crippen molar-refractivity contribution in [2.75, 3.05) is 11.9 Å². The topological polar surface area (TPSA) is 12.0 Å². The molecule has 0 saturated heterocycles. The van der Waals surface area contributed by atoms with Crippen LogP contribution in [-0.4, -0.2) is 6.54 Å². The maximum Gasteiger partial charge on any atom is 0.0455 e. The average Bonchev–Trinajstić information content (AvgIpc) is 2.18. The van der Waals surface area contributed by atoms with Gasteiger partial charge in [0.25, 0.3) is 0 Å². The highest BCUT2D eigenvalue weighted by Gasteiger charge is 1.96. The summed E-state index contributed by atoms with van der Waals surface area (Å²) < 4.78 is 0. The standard InChI is InChI=1S/C12H14ClN/c1-3-4-5-8-14-11-7-6-10(2)12(13)9-11/h1,6-7,9,14H,4-5,8H2,2H3. The monoisotopic (exact) mass is 207 g/mol. The van der Waals surface area contributed by atoms with E-state index in [-0.39, 0.29) is 0 Å². The molecular weight excluding hydrogens is 194 g/mol. The summed E-state index contributed by atoms with van der Waals surface area (Å²) in [5.41, 5.74) is 2.15. The molecule has 0 heterocycles. The number of hydrogen-bond acceptors (Lipinski definition) is 1. The largest absolute Gasteiger partial charge is 0.385 e. The number of anilines is 1. The van der Waals surface area contributed by atoms with Gasteiger partial charge in [-0.05, 0) is 31.0 Å². The van der Waals surface area contributed by atoms with E-state index >= 15 is 0 Å². The van der Waals surface area contributed by atoms with Gasteiger partial charge < -0.3 is 5.32 Å². The number of terminal acetylenes is 1. The molecule has 0 radical (unpaired) electrons. The van der Waals surface area contributed by atoms with Crippen LogP contribution in [-0.2, 0) is 0 Å². The van der Waals surface area contributed by atoms with Gasteiger partial charge in [-0.1, -0.05) is 17.7 Å². The normalized spacial score (nSPS) is 9.50. The Morgan fingerprint density at radius 2 is 2.29 bits per heavy atom. The van der Waals surface area contributed by atoms with Crippen LogP contribution in [0.4, 0.5) is 5.69 Å². The van der Waals surface area contributed by atoms with Gasteiger partial charge in [-0.15, -0.1) is 12.3 Å². The lowest BCUT2D eigenvalue weighted by molar-refractivity contribution is 0.907. The van der Waals surface area contributed by atoms with Gasteiger partial charge in [0.1, 0.15) is 0 Å². The smallest absolute Gasteiger partial charge is 0.0455 e. The second kappa shape index (κ2) is 5.57. The fourth-order valence-corrected chi connectivity index (χ4v) is 1.31. The van der Waals surface area contributed by atoms with Crippen molar-refractivity contribution in [3.63, 3.8) is 0 Å². The Balaban J connectivity index is 2.44. The van der Waals surface area contributed by atoms with Crippen LogP contribution in [0, 0.1) is 19.3 Å². The van der Waals surface area contributed by atoms with Crippen molar-refractivity contribution < 1.29 is 0 Å². The SMILES string of the molecule is C#CCCCNc1ccc(C)c(Cl)c1. The molecule has 74 valence electrons. The molecule has 0 aliphatic rings. The summed E-state index contributed by atoms with van der Waals surface area (Å²) in [6, 6.07) is 5.97. The Hall–Kier alpha value is -1.13. The molecule has 0 saturated carbocycles. The highest BCUT2D eigenvalue weighted by atomic mass is 35.5. The van der Waals surface area contributed by atoms with Crippen LogP contribution in [0.5, 0.6) is 0 Å². The van der Waals surface area contributed by atoms with Crippen LogP contribution in [0.25, 0.3) is 0 Å². The van der Waals surface area contributed by atoms with E-state index in [9.17, 15) is 0 Å². The molecule has 0 aliphatic heterocycles. The number of benzene rings is 1. The van der Waals surface area contributed by atoms with Gasteiger partial charge >= 0.3 is 0 Å². The van der Waals surface area contributed by atoms with E-state index in [0.717, 1.165) is 35.7 Å². The molecule has 1 aromatic rings. The zero-order valence-corrected chi connectivity index (χ0v) is 9.06. The van der Waals surface area contributed by atoms with Crippen LogP contribution >= 0.6 is 11.6 Å². The molecule has 2 heteroatoms. The first-order valence-corrected chi connectivity index (χ1v) is 5.05. The summed E-state index contributed by atoms with van der Waals surface area (Å²) in [5, 5.41) is 4.07. The Morgan fingerprint density at radius 1 is 1.50 bits per heavy atom. The van der Waals surface area contributed by atoms with E-state index in [1.165, 1.54) is 0 Å². The lowest BCUT2D eigenvalue weighted by Crippen LogP contribution is -2.00. The van der Waals surface area contributed by atoms with Crippen molar-refractivity contribution in [3.8, 4) is 12.3 Å². The van der Waals surface area contributed by atoms with Gasteiger partial charge in [-0.25, -0.2) is 0 Å². The third kappa shape index (κ3) is 3.32. The third-order valence-corrected chi connectivity index (χ3v) is 2.41. The summed E-state index contributed by atoms with van der Waals surface area (Å²) in [7, 11) is 0. The zero-order valence-electron chi connectivity index (χ0n) is 8.31. The molecule has 14 heavy (non-hydrogen) atoms. The summed E-state index contributed by atoms with van der Waals surface area (Å²) >= 11 is 5.98. The molecule has 0 atom stereocenters. The quantitative estimate of drug-likeness (QED) is 0.589. The van der Waals surface area contributed by atoms with E-state index in [4.69, 9.17) is 18.0 Å². The first-order valence-electron chi connectivity index (χ1n) is 4.67. The van der Waals surface area contributed by atoms with Crippen molar-refractivity contribution in [2.24, 2.45) is 0 Å². The minimum absolute atomic E-state index is 0.798. The summed E-state index contributed by atoms with van der Waals surface area (Å²) in [6.07, 6.45) is 6.95. The number of unbranched alkanes of at least 4 members (excludes halogenated alkanes) is 1. The third-order valence-electron chi connectivity index (χ3n) is 2.00. The number of hydrogen-bond donors (Lipinski definition) is 1. The van der Waals surface area contributed by atoms with Crippen LogP contribution in [0.15, 0.2) is 18.2 Å². The van der Waals surface area contributed by atoms with Crippen molar-refractivity contribution >= 4 is 17.3 Å². The van der Waals surface area contributed by atoms with E-state index in [1.54, 1.807) is 0 Å². The first-order chi connectivity index (χ1) is 6.74.